The van der Waals surface area contributed by atoms with Crippen LogP contribution in [0.1, 0.15) is 49.1 Å². The molecule has 0 saturated carbocycles. The number of carbonyl (C=O) groups is 4. The number of anilines is 1. The van der Waals surface area contributed by atoms with Crippen LogP contribution in [0.4, 0.5) is 5.69 Å². The smallest absolute Gasteiger partial charge is 0.251 e. The normalized spacial score (nSPS) is 11.2. The zero-order valence-electron chi connectivity index (χ0n) is 17.1. The van der Waals surface area contributed by atoms with E-state index < -0.39 is 23.8 Å². The van der Waals surface area contributed by atoms with Crippen molar-refractivity contribution in [3.05, 3.63) is 101 Å². The van der Waals surface area contributed by atoms with Gasteiger partial charge in [-0.25, -0.2) is 0 Å². The Labute approximate surface area is 184 Å². The van der Waals surface area contributed by atoms with Crippen molar-refractivity contribution in [1.82, 2.24) is 5.32 Å². The quantitative estimate of drug-likeness (QED) is 0.435. The van der Waals surface area contributed by atoms with Crippen molar-refractivity contribution < 1.29 is 19.2 Å². The monoisotopic (exact) mass is 430 g/mol. The Morgan fingerprint density at radius 2 is 1.25 bits per heavy atom. The molecule has 0 spiro atoms. The molecular weight excluding hydrogens is 408 g/mol. The predicted octanol–water partition coefficient (Wildman–Crippen LogP) is 2.38. The van der Waals surface area contributed by atoms with Gasteiger partial charge in [0, 0.05) is 22.4 Å². The van der Waals surface area contributed by atoms with Gasteiger partial charge < -0.3 is 22.1 Å². The van der Waals surface area contributed by atoms with Gasteiger partial charge in [0.2, 0.25) is 17.7 Å². The van der Waals surface area contributed by atoms with Crippen molar-refractivity contribution in [3.8, 4) is 0 Å². The van der Waals surface area contributed by atoms with Gasteiger partial charge in [-0.2, -0.15) is 0 Å². The van der Waals surface area contributed by atoms with Crippen molar-refractivity contribution in [2.24, 2.45) is 11.5 Å². The molecule has 162 valence electrons. The molecule has 8 heteroatoms. The molecule has 1 atom stereocenters. The first-order valence-corrected chi connectivity index (χ1v) is 9.79. The summed E-state index contributed by atoms with van der Waals surface area (Å²) in [5, 5.41) is 5.52. The van der Waals surface area contributed by atoms with Crippen molar-refractivity contribution in [2.75, 3.05) is 5.32 Å². The number of benzene rings is 3. The van der Waals surface area contributed by atoms with Crippen molar-refractivity contribution in [1.29, 1.82) is 0 Å². The lowest BCUT2D eigenvalue weighted by molar-refractivity contribution is -0.116. The summed E-state index contributed by atoms with van der Waals surface area (Å²) in [7, 11) is 0. The summed E-state index contributed by atoms with van der Waals surface area (Å²) in [6, 6.07) is 21.1. The molecule has 3 aromatic rings. The first-order chi connectivity index (χ1) is 15.3. The van der Waals surface area contributed by atoms with Crippen molar-refractivity contribution in [2.45, 2.75) is 12.5 Å². The second kappa shape index (κ2) is 10.0. The van der Waals surface area contributed by atoms with Crippen molar-refractivity contribution in [3.63, 3.8) is 0 Å². The molecule has 0 bridgehead atoms. The number of hydrogen-bond donors (Lipinski definition) is 4. The van der Waals surface area contributed by atoms with E-state index in [1.807, 2.05) is 30.3 Å². The summed E-state index contributed by atoms with van der Waals surface area (Å²) in [5.74, 6) is -2.29. The Kier molecular flexibility index (Phi) is 6.97. The van der Waals surface area contributed by atoms with Crippen LogP contribution in [0.5, 0.6) is 0 Å². The summed E-state index contributed by atoms with van der Waals surface area (Å²) < 4.78 is 0. The fourth-order valence-electron chi connectivity index (χ4n) is 3.15. The van der Waals surface area contributed by atoms with Gasteiger partial charge in [-0.15, -0.1) is 0 Å². The average Bonchev–Trinajstić information content (AvgIpc) is 2.79. The molecule has 0 fully saturated rings. The predicted molar refractivity (Wildman–Crippen MR) is 120 cm³/mol. The fraction of sp³-hybridized carbons (Fsp3) is 0.0833. The van der Waals surface area contributed by atoms with Gasteiger partial charge in [-0.1, -0.05) is 48.5 Å². The zero-order valence-corrected chi connectivity index (χ0v) is 17.1. The van der Waals surface area contributed by atoms with E-state index in [0.29, 0.717) is 5.56 Å². The molecule has 0 aliphatic rings. The topological polar surface area (TPSA) is 144 Å². The van der Waals surface area contributed by atoms with E-state index in [-0.39, 0.29) is 29.1 Å². The number of rotatable bonds is 8. The molecule has 6 N–H and O–H groups in total. The number of amides is 4. The maximum atomic E-state index is 12.8. The van der Waals surface area contributed by atoms with E-state index in [2.05, 4.69) is 10.6 Å². The van der Waals surface area contributed by atoms with Crippen LogP contribution in [0.3, 0.4) is 0 Å². The maximum absolute atomic E-state index is 12.8. The summed E-state index contributed by atoms with van der Waals surface area (Å²) >= 11 is 0. The maximum Gasteiger partial charge on any atom is 0.251 e. The highest BCUT2D eigenvalue weighted by molar-refractivity contribution is 6.02. The van der Waals surface area contributed by atoms with E-state index in [9.17, 15) is 19.2 Å². The number of nitrogens with two attached hydrogens (primary N) is 2. The Hall–Kier alpha value is -4.46. The lowest BCUT2D eigenvalue weighted by Crippen LogP contribution is -2.31. The van der Waals surface area contributed by atoms with E-state index in [1.54, 1.807) is 30.3 Å². The van der Waals surface area contributed by atoms with Gasteiger partial charge >= 0.3 is 0 Å². The third kappa shape index (κ3) is 5.79. The van der Waals surface area contributed by atoms with Crippen LogP contribution in [0.15, 0.2) is 78.9 Å². The summed E-state index contributed by atoms with van der Waals surface area (Å²) in [6.07, 6.45) is -0.0880. The molecule has 0 radical (unpaired) electrons. The molecular formula is C24H22N4O4. The molecule has 0 aliphatic heterocycles. The minimum Gasteiger partial charge on any atom is -0.366 e. The van der Waals surface area contributed by atoms with Crippen LogP contribution in [0.25, 0.3) is 0 Å². The average molecular weight is 430 g/mol. The van der Waals surface area contributed by atoms with Crippen LogP contribution in [-0.2, 0) is 4.79 Å². The van der Waals surface area contributed by atoms with E-state index in [4.69, 9.17) is 11.5 Å². The molecule has 8 nitrogen and oxygen atoms in total. The zero-order chi connectivity index (χ0) is 23.1. The van der Waals surface area contributed by atoms with Crippen LogP contribution >= 0.6 is 0 Å². The minimum atomic E-state index is -0.763. The minimum absolute atomic E-state index is 0.0357. The van der Waals surface area contributed by atoms with Crippen LogP contribution in [-0.4, -0.2) is 23.6 Å². The molecule has 3 rings (SSSR count). The first-order valence-electron chi connectivity index (χ1n) is 9.79. The lowest BCUT2D eigenvalue weighted by Gasteiger charge is -2.19. The Balaban J connectivity index is 1.81. The van der Waals surface area contributed by atoms with Gasteiger partial charge in [-0.3, -0.25) is 19.2 Å². The Morgan fingerprint density at radius 1 is 0.719 bits per heavy atom. The number of hydrogen-bond acceptors (Lipinski definition) is 4. The van der Waals surface area contributed by atoms with E-state index in [1.165, 1.54) is 18.2 Å². The number of nitrogens with one attached hydrogen (secondary N) is 2. The van der Waals surface area contributed by atoms with Crippen LogP contribution in [0.2, 0.25) is 0 Å². The molecule has 0 aliphatic carbocycles. The fourth-order valence-corrected chi connectivity index (χ4v) is 3.15. The number of carbonyl (C=O) groups excluding carboxylic acids is 4. The van der Waals surface area contributed by atoms with Gasteiger partial charge in [0.1, 0.15) is 0 Å². The number of primary amides is 2. The summed E-state index contributed by atoms with van der Waals surface area (Å²) in [5.41, 5.74) is 12.1. The largest absolute Gasteiger partial charge is 0.366 e. The van der Waals surface area contributed by atoms with E-state index >= 15 is 0 Å². The van der Waals surface area contributed by atoms with Crippen molar-refractivity contribution >= 4 is 29.3 Å². The Bertz CT molecular complexity index is 1110. The molecule has 3 aromatic carbocycles. The molecule has 4 amide bonds. The summed E-state index contributed by atoms with van der Waals surface area (Å²) in [6.45, 7) is 0. The van der Waals surface area contributed by atoms with Gasteiger partial charge in [0.25, 0.3) is 5.91 Å². The molecule has 32 heavy (non-hydrogen) atoms. The highest BCUT2D eigenvalue weighted by Crippen LogP contribution is 2.20. The van der Waals surface area contributed by atoms with E-state index in [0.717, 1.165) is 5.56 Å². The van der Waals surface area contributed by atoms with Crippen LogP contribution in [0, 0.1) is 0 Å². The second-order valence-corrected chi connectivity index (χ2v) is 7.08. The van der Waals surface area contributed by atoms with Gasteiger partial charge in [0.15, 0.2) is 0 Å². The van der Waals surface area contributed by atoms with Gasteiger partial charge in [-0.05, 0) is 35.9 Å². The van der Waals surface area contributed by atoms with Gasteiger partial charge in [0.05, 0.1) is 12.5 Å². The summed E-state index contributed by atoms with van der Waals surface area (Å²) in [4.78, 5) is 48.5. The highest BCUT2D eigenvalue weighted by Gasteiger charge is 2.20. The second-order valence-electron chi connectivity index (χ2n) is 7.08. The molecule has 0 saturated heterocycles. The first kappa shape index (κ1) is 22.2. The third-order valence-electron chi connectivity index (χ3n) is 4.72. The SMILES string of the molecule is NC(=O)c1cc(NC(=O)CC(NC(=O)c2ccccc2)c2ccccc2)cc(C(N)=O)c1. The standard InChI is InChI=1S/C24H22N4O4/c25-22(30)17-11-18(23(26)31)13-19(12-17)27-21(29)14-20(15-7-3-1-4-8-15)28-24(32)16-9-5-2-6-10-16/h1-13,20H,14H2,(H2,25,30)(H2,26,31)(H,27,29)(H,28,32). The molecule has 0 aromatic heterocycles. The molecule has 1 unspecified atom stereocenters. The highest BCUT2D eigenvalue weighted by atomic mass is 16.2. The molecule has 0 heterocycles. The third-order valence-corrected chi connectivity index (χ3v) is 4.72. The lowest BCUT2D eigenvalue weighted by atomic mass is 10.0. The Morgan fingerprint density at radius 3 is 1.78 bits per heavy atom. The van der Waals surface area contributed by atoms with Crippen LogP contribution < -0.4 is 22.1 Å².